The van der Waals surface area contributed by atoms with Crippen molar-refractivity contribution < 1.29 is 0 Å². The monoisotopic (exact) mass is 123 g/mol. The Bertz CT molecular complexity index is 166. The van der Waals surface area contributed by atoms with Gasteiger partial charge in [-0.3, -0.25) is 0 Å². The van der Waals surface area contributed by atoms with Crippen molar-refractivity contribution in [1.29, 1.82) is 0 Å². The fourth-order valence-corrected chi connectivity index (χ4v) is 3.58. The van der Waals surface area contributed by atoms with Gasteiger partial charge in [-0.2, -0.15) is 0 Å². The van der Waals surface area contributed by atoms with Crippen molar-refractivity contribution in [2.45, 2.75) is 31.2 Å². The van der Waals surface area contributed by atoms with Gasteiger partial charge in [-0.05, 0) is 43.4 Å². The van der Waals surface area contributed by atoms with Gasteiger partial charge >= 0.3 is 0 Å². The Morgan fingerprint density at radius 2 is 2.11 bits per heavy atom. The maximum atomic E-state index is 6.13. The lowest BCUT2D eigenvalue weighted by atomic mass is 9.67. The van der Waals surface area contributed by atoms with Crippen molar-refractivity contribution in [3.05, 3.63) is 0 Å². The molecule has 0 aliphatic heterocycles. The van der Waals surface area contributed by atoms with Crippen molar-refractivity contribution in [3.8, 4) is 0 Å². The number of hydrogen-bond donors (Lipinski definition) is 1. The van der Waals surface area contributed by atoms with E-state index in [1.807, 2.05) is 0 Å². The summed E-state index contributed by atoms with van der Waals surface area (Å²) in [5, 5.41) is 0. The number of rotatable bonds is 0. The summed E-state index contributed by atoms with van der Waals surface area (Å²) < 4.78 is 0. The molecule has 0 aromatic heterocycles. The van der Waals surface area contributed by atoms with Crippen LogP contribution in [0, 0.1) is 17.8 Å². The summed E-state index contributed by atoms with van der Waals surface area (Å²) in [5.41, 5.74) is 6.48. The first-order valence-corrected chi connectivity index (χ1v) is 4.08. The molecule has 4 fully saturated rings. The smallest absolute Gasteiger partial charge is 0.0191 e. The van der Waals surface area contributed by atoms with Crippen LogP contribution in [0.3, 0.4) is 0 Å². The number of nitrogens with two attached hydrogens (primary N) is 1. The zero-order valence-electron chi connectivity index (χ0n) is 5.64. The Kier molecular flexibility index (Phi) is 0.563. The topological polar surface area (TPSA) is 26.0 Å². The Morgan fingerprint density at radius 3 is 2.44 bits per heavy atom. The summed E-state index contributed by atoms with van der Waals surface area (Å²) in [7, 11) is 0. The molecule has 0 spiro atoms. The van der Waals surface area contributed by atoms with Gasteiger partial charge in [0.05, 0.1) is 0 Å². The summed E-state index contributed by atoms with van der Waals surface area (Å²) in [6.07, 6.45) is 5.67. The van der Waals surface area contributed by atoms with Crippen LogP contribution in [0.1, 0.15) is 25.7 Å². The van der Waals surface area contributed by atoms with Crippen LogP contribution in [0.4, 0.5) is 0 Å². The molecule has 2 N–H and O–H groups in total. The molecule has 0 heterocycles. The molecule has 4 saturated carbocycles. The van der Waals surface area contributed by atoms with Crippen LogP contribution < -0.4 is 5.73 Å². The zero-order valence-corrected chi connectivity index (χ0v) is 5.64. The van der Waals surface area contributed by atoms with E-state index in [0.717, 1.165) is 17.8 Å². The molecular weight excluding hydrogens is 110 g/mol. The summed E-state index contributed by atoms with van der Waals surface area (Å²) >= 11 is 0. The van der Waals surface area contributed by atoms with E-state index in [1.165, 1.54) is 25.7 Å². The summed E-state index contributed by atoms with van der Waals surface area (Å²) in [4.78, 5) is 0. The van der Waals surface area contributed by atoms with Gasteiger partial charge in [0.2, 0.25) is 0 Å². The van der Waals surface area contributed by atoms with Crippen LogP contribution >= 0.6 is 0 Å². The molecule has 4 unspecified atom stereocenters. The highest BCUT2D eigenvalue weighted by atomic mass is 14.9. The van der Waals surface area contributed by atoms with Gasteiger partial charge in [-0.25, -0.2) is 0 Å². The van der Waals surface area contributed by atoms with E-state index in [2.05, 4.69) is 0 Å². The third-order valence-electron chi connectivity index (χ3n) is 3.97. The molecule has 4 aliphatic carbocycles. The highest BCUT2D eigenvalue weighted by Gasteiger charge is 2.64. The van der Waals surface area contributed by atoms with E-state index in [1.54, 1.807) is 0 Å². The summed E-state index contributed by atoms with van der Waals surface area (Å²) in [6.45, 7) is 0. The van der Waals surface area contributed by atoms with Crippen LogP contribution in [0.25, 0.3) is 0 Å². The molecule has 50 valence electrons. The van der Waals surface area contributed by atoms with E-state index >= 15 is 0 Å². The van der Waals surface area contributed by atoms with Gasteiger partial charge in [-0.1, -0.05) is 0 Å². The predicted octanol–water partition coefficient (Wildman–Crippen LogP) is 1.13. The van der Waals surface area contributed by atoms with Crippen molar-refractivity contribution >= 4 is 0 Å². The van der Waals surface area contributed by atoms with E-state index in [0.29, 0.717) is 5.54 Å². The minimum Gasteiger partial charge on any atom is -0.325 e. The molecule has 0 radical (unpaired) electrons. The van der Waals surface area contributed by atoms with Gasteiger partial charge in [0, 0.05) is 5.54 Å². The lowest BCUT2D eigenvalue weighted by molar-refractivity contribution is 0.129. The van der Waals surface area contributed by atoms with Crippen molar-refractivity contribution in [2.75, 3.05) is 0 Å². The fourth-order valence-electron chi connectivity index (χ4n) is 3.58. The lowest BCUT2D eigenvalue weighted by Gasteiger charge is -2.43. The molecular formula is C8H13N. The first-order chi connectivity index (χ1) is 4.30. The Hall–Kier alpha value is -0.0400. The molecule has 0 aromatic rings. The molecule has 0 saturated heterocycles. The predicted molar refractivity (Wildman–Crippen MR) is 35.9 cm³/mol. The molecule has 4 rings (SSSR count). The normalized spacial score (nSPS) is 68.3. The molecule has 4 atom stereocenters. The summed E-state index contributed by atoms with van der Waals surface area (Å²) in [5.74, 6) is 3.09. The van der Waals surface area contributed by atoms with Gasteiger partial charge in [0.25, 0.3) is 0 Å². The Morgan fingerprint density at radius 1 is 1.22 bits per heavy atom. The molecule has 4 bridgehead atoms. The first-order valence-electron chi connectivity index (χ1n) is 4.08. The van der Waals surface area contributed by atoms with E-state index in [4.69, 9.17) is 5.73 Å². The third kappa shape index (κ3) is 0.337. The minimum absolute atomic E-state index is 0.355. The molecule has 4 aliphatic rings. The largest absolute Gasteiger partial charge is 0.325 e. The SMILES string of the molecule is NC12CC3CCC1C3C2. The van der Waals surface area contributed by atoms with Crippen molar-refractivity contribution in [1.82, 2.24) is 0 Å². The van der Waals surface area contributed by atoms with Gasteiger partial charge in [0.1, 0.15) is 0 Å². The van der Waals surface area contributed by atoms with Crippen LogP contribution in [-0.2, 0) is 0 Å². The average Bonchev–Trinajstić information content (AvgIpc) is 2.27. The maximum Gasteiger partial charge on any atom is 0.0191 e. The third-order valence-corrected chi connectivity index (χ3v) is 3.97. The maximum absolute atomic E-state index is 6.13. The van der Waals surface area contributed by atoms with Crippen molar-refractivity contribution in [3.63, 3.8) is 0 Å². The fraction of sp³-hybridized carbons (Fsp3) is 1.00. The van der Waals surface area contributed by atoms with Gasteiger partial charge in [-0.15, -0.1) is 0 Å². The van der Waals surface area contributed by atoms with Crippen LogP contribution in [-0.4, -0.2) is 5.54 Å². The highest BCUT2D eigenvalue weighted by Crippen LogP contribution is 2.66. The summed E-state index contributed by atoms with van der Waals surface area (Å²) in [6, 6.07) is 0. The van der Waals surface area contributed by atoms with Crippen molar-refractivity contribution in [2.24, 2.45) is 23.5 Å². The first kappa shape index (κ1) is 4.73. The van der Waals surface area contributed by atoms with Gasteiger partial charge < -0.3 is 5.73 Å². The van der Waals surface area contributed by atoms with Crippen LogP contribution in [0.5, 0.6) is 0 Å². The van der Waals surface area contributed by atoms with Crippen LogP contribution in [0.15, 0.2) is 0 Å². The Labute approximate surface area is 55.6 Å². The van der Waals surface area contributed by atoms with E-state index in [9.17, 15) is 0 Å². The minimum atomic E-state index is 0.355. The molecule has 0 aromatic carbocycles. The second-order valence-corrected chi connectivity index (χ2v) is 4.25. The highest BCUT2D eigenvalue weighted by molar-refractivity contribution is 5.18. The molecule has 9 heavy (non-hydrogen) atoms. The average molecular weight is 123 g/mol. The van der Waals surface area contributed by atoms with Gasteiger partial charge in [0.15, 0.2) is 0 Å². The Balaban J connectivity index is 2.06. The molecule has 1 nitrogen and oxygen atoms in total. The quantitative estimate of drug-likeness (QED) is 0.513. The molecule has 0 amide bonds. The van der Waals surface area contributed by atoms with E-state index in [-0.39, 0.29) is 0 Å². The lowest BCUT2D eigenvalue weighted by Crippen LogP contribution is -2.53. The second kappa shape index (κ2) is 1.07. The second-order valence-electron chi connectivity index (χ2n) is 4.25. The zero-order chi connectivity index (χ0) is 6.06. The number of hydrogen-bond acceptors (Lipinski definition) is 1. The standard InChI is InChI=1S/C8H13N/c9-8-3-5-1-2-7(8)6(5)4-8/h5-7H,1-4,9H2. The molecule has 1 heteroatoms. The van der Waals surface area contributed by atoms with Crippen LogP contribution in [0.2, 0.25) is 0 Å². The van der Waals surface area contributed by atoms with E-state index < -0.39 is 0 Å².